The van der Waals surface area contributed by atoms with E-state index in [0.717, 1.165) is 4.90 Å². The molecule has 0 aliphatic heterocycles. The Kier molecular flexibility index (Phi) is 5.25. The number of carbonyl (C=O) groups is 2. The molecule has 1 aromatic rings. The highest BCUT2D eigenvalue weighted by Gasteiger charge is 2.19. The first-order valence-electron chi connectivity index (χ1n) is 5.68. The number of halogens is 1. The van der Waals surface area contributed by atoms with Crippen molar-refractivity contribution < 1.29 is 24.2 Å². The van der Waals surface area contributed by atoms with Gasteiger partial charge in [0.1, 0.15) is 5.82 Å². The van der Waals surface area contributed by atoms with Crippen molar-refractivity contribution in [3.63, 3.8) is 0 Å². The van der Waals surface area contributed by atoms with Crippen molar-refractivity contribution >= 4 is 17.7 Å². The number of benzene rings is 1. The number of nitrogens with zero attached hydrogens (tertiary/aromatic N) is 1. The van der Waals surface area contributed by atoms with Crippen molar-refractivity contribution in [3.8, 4) is 0 Å². The Labute approximate surface area is 109 Å². The predicted molar refractivity (Wildman–Crippen MR) is 66.5 cm³/mol. The molecule has 0 saturated carbocycles. The SMILES string of the molecule is CCN(C(=O)NC[C@H](O)C(=O)O)c1ccccc1F. The fourth-order valence-corrected chi connectivity index (χ4v) is 1.46. The van der Waals surface area contributed by atoms with E-state index in [1.807, 2.05) is 0 Å². The van der Waals surface area contributed by atoms with E-state index in [1.165, 1.54) is 18.2 Å². The summed E-state index contributed by atoms with van der Waals surface area (Å²) in [7, 11) is 0. The van der Waals surface area contributed by atoms with Gasteiger partial charge in [0.25, 0.3) is 0 Å². The summed E-state index contributed by atoms with van der Waals surface area (Å²) >= 11 is 0. The van der Waals surface area contributed by atoms with Crippen molar-refractivity contribution in [2.24, 2.45) is 0 Å². The van der Waals surface area contributed by atoms with Crippen molar-refractivity contribution in [1.82, 2.24) is 5.32 Å². The molecule has 0 unspecified atom stereocenters. The Morgan fingerprint density at radius 1 is 1.42 bits per heavy atom. The van der Waals surface area contributed by atoms with Gasteiger partial charge in [0.15, 0.2) is 6.10 Å². The number of hydrogen-bond donors (Lipinski definition) is 3. The van der Waals surface area contributed by atoms with Crippen LogP contribution in [-0.2, 0) is 4.79 Å². The zero-order chi connectivity index (χ0) is 14.4. The van der Waals surface area contributed by atoms with Crippen LogP contribution in [0, 0.1) is 5.82 Å². The number of aliphatic hydroxyl groups is 1. The highest BCUT2D eigenvalue weighted by Crippen LogP contribution is 2.18. The molecule has 0 aliphatic rings. The van der Waals surface area contributed by atoms with E-state index in [2.05, 4.69) is 5.32 Å². The molecule has 3 N–H and O–H groups in total. The molecular weight excluding hydrogens is 255 g/mol. The van der Waals surface area contributed by atoms with Crippen molar-refractivity contribution in [2.45, 2.75) is 13.0 Å². The number of amides is 2. The van der Waals surface area contributed by atoms with Gasteiger partial charge in [-0.05, 0) is 19.1 Å². The average Bonchev–Trinajstić information content (AvgIpc) is 2.38. The minimum atomic E-state index is -1.69. The van der Waals surface area contributed by atoms with Crippen molar-refractivity contribution in [3.05, 3.63) is 30.1 Å². The van der Waals surface area contributed by atoms with E-state index >= 15 is 0 Å². The van der Waals surface area contributed by atoms with Gasteiger partial charge in [-0.25, -0.2) is 14.0 Å². The second kappa shape index (κ2) is 6.69. The number of anilines is 1. The number of carboxylic acids is 1. The van der Waals surface area contributed by atoms with Crippen LogP contribution in [-0.4, -0.2) is 41.4 Å². The molecule has 0 aliphatic carbocycles. The lowest BCUT2D eigenvalue weighted by atomic mass is 10.3. The molecule has 0 bridgehead atoms. The second-order valence-corrected chi connectivity index (χ2v) is 3.74. The summed E-state index contributed by atoms with van der Waals surface area (Å²) in [4.78, 5) is 23.3. The summed E-state index contributed by atoms with van der Waals surface area (Å²) in [6.45, 7) is 1.41. The Morgan fingerprint density at radius 2 is 2.05 bits per heavy atom. The predicted octanol–water partition coefficient (Wildman–Crippen LogP) is 0.807. The van der Waals surface area contributed by atoms with Gasteiger partial charge < -0.3 is 15.5 Å². The third kappa shape index (κ3) is 3.92. The van der Waals surface area contributed by atoms with E-state index in [-0.39, 0.29) is 12.2 Å². The number of carboxylic acid groups (broad SMARTS) is 1. The van der Waals surface area contributed by atoms with Gasteiger partial charge in [-0.2, -0.15) is 0 Å². The Bertz CT molecular complexity index is 467. The molecule has 1 atom stereocenters. The fourth-order valence-electron chi connectivity index (χ4n) is 1.46. The second-order valence-electron chi connectivity index (χ2n) is 3.74. The van der Waals surface area contributed by atoms with Gasteiger partial charge in [0.05, 0.1) is 12.2 Å². The van der Waals surface area contributed by atoms with Gasteiger partial charge in [-0.1, -0.05) is 12.1 Å². The minimum Gasteiger partial charge on any atom is -0.479 e. The molecule has 0 radical (unpaired) electrons. The van der Waals surface area contributed by atoms with E-state index in [9.17, 15) is 14.0 Å². The third-order valence-corrected chi connectivity index (χ3v) is 2.44. The number of urea groups is 1. The number of rotatable bonds is 5. The summed E-state index contributed by atoms with van der Waals surface area (Å²) in [5, 5.41) is 19.8. The molecule has 0 aromatic heterocycles. The third-order valence-electron chi connectivity index (χ3n) is 2.44. The minimum absolute atomic E-state index is 0.0901. The lowest BCUT2D eigenvalue weighted by molar-refractivity contribution is -0.146. The number of aliphatic hydroxyl groups excluding tert-OH is 1. The topological polar surface area (TPSA) is 89.9 Å². The van der Waals surface area contributed by atoms with E-state index in [4.69, 9.17) is 10.2 Å². The molecule has 0 saturated heterocycles. The number of hydrogen-bond acceptors (Lipinski definition) is 3. The Balaban J connectivity index is 2.73. The number of nitrogens with one attached hydrogen (secondary N) is 1. The molecule has 2 amide bonds. The molecule has 6 nitrogen and oxygen atoms in total. The van der Waals surface area contributed by atoms with Crippen LogP contribution >= 0.6 is 0 Å². The van der Waals surface area contributed by atoms with Gasteiger partial charge >= 0.3 is 12.0 Å². The zero-order valence-corrected chi connectivity index (χ0v) is 10.3. The van der Waals surface area contributed by atoms with Gasteiger partial charge in [0, 0.05) is 6.54 Å². The summed E-state index contributed by atoms with van der Waals surface area (Å²) in [5.41, 5.74) is 0.0901. The lowest BCUT2D eigenvalue weighted by Gasteiger charge is -2.22. The van der Waals surface area contributed by atoms with Crippen molar-refractivity contribution in [2.75, 3.05) is 18.0 Å². The molecular formula is C12H15FN2O4. The van der Waals surface area contributed by atoms with Crippen LogP contribution in [0.3, 0.4) is 0 Å². The van der Waals surface area contributed by atoms with Crippen LogP contribution in [0.5, 0.6) is 0 Å². The molecule has 0 spiro atoms. The quantitative estimate of drug-likeness (QED) is 0.738. The van der Waals surface area contributed by atoms with Crippen molar-refractivity contribution in [1.29, 1.82) is 0 Å². The monoisotopic (exact) mass is 270 g/mol. The number of carbonyl (C=O) groups excluding carboxylic acids is 1. The fraction of sp³-hybridized carbons (Fsp3) is 0.333. The van der Waals surface area contributed by atoms with Crippen LogP contribution in [0.25, 0.3) is 0 Å². The summed E-state index contributed by atoms with van der Waals surface area (Å²) in [6.07, 6.45) is -1.69. The maximum Gasteiger partial charge on any atom is 0.334 e. The van der Waals surface area contributed by atoms with Crippen LogP contribution < -0.4 is 10.2 Å². The number of para-hydroxylation sites is 1. The summed E-state index contributed by atoms with van der Waals surface area (Å²) < 4.78 is 13.5. The van der Waals surface area contributed by atoms with Gasteiger partial charge in [0.2, 0.25) is 0 Å². The Morgan fingerprint density at radius 3 is 2.58 bits per heavy atom. The van der Waals surface area contributed by atoms with E-state index in [1.54, 1.807) is 13.0 Å². The summed E-state index contributed by atoms with van der Waals surface area (Å²) in [6, 6.07) is 5.07. The maximum absolute atomic E-state index is 13.5. The largest absolute Gasteiger partial charge is 0.479 e. The molecule has 7 heteroatoms. The molecule has 0 heterocycles. The van der Waals surface area contributed by atoms with Gasteiger partial charge in [-0.15, -0.1) is 0 Å². The highest BCUT2D eigenvalue weighted by atomic mass is 19.1. The highest BCUT2D eigenvalue weighted by molar-refractivity contribution is 5.92. The Hall–Kier alpha value is -2.15. The molecule has 1 aromatic carbocycles. The molecule has 1 rings (SSSR count). The normalized spacial score (nSPS) is 11.7. The van der Waals surface area contributed by atoms with E-state index in [0.29, 0.717) is 0 Å². The zero-order valence-electron chi connectivity index (χ0n) is 10.3. The average molecular weight is 270 g/mol. The van der Waals surface area contributed by atoms with Crippen LogP contribution in [0.1, 0.15) is 6.92 Å². The summed E-state index contributed by atoms with van der Waals surface area (Å²) in [5.74, 6) is -1.99. The van der Waals surface area contributed by atoms with Crippen LogP contribution in [0.2, 0.25) is 0 Å². The standard InChI is InChI=1S/C12H15FN2O4/c1-2-15(9-6-4-3-5-8(9)13)12(19)14-7-10(16)11(17)18/h3-6,10,16H,2,7H2,1H3,(H,14,19)(H,17,18)/t10-/m0/s1. The first-order chi connectivity index (χ1) is 8.97. The van der Waals surface area contributed by atoms with E-state index < -0.39 is 30.5 Å². The molecule has 19 heavy (non-hydrogen) atoms. The molecule has 104 valence electrons. The maximum atomic E-state index is 13.5. The van der Waals surface area contributed by atoms with Gasteiger partial charge in [-0.3, -0.25) is 4.90 Å². The van der Waals surface area contributed by atoms with Crippen LogP contribution in [0.4, 0.5) is 14.9 Å². The first-order valence-corrected chi connectivity index (χ1v) is 5.68. The van der Waals surface area contributed by atoms with Crippen LogP contribution in [0.15, 0.2) is 24.3 Å². The molecule has 0 fully saturated rings. The lowest BCUT2D eigenvalue weighted by Crippen LogP contribution is -2.44. The first kappa shape index (κ1) is 14.9. The number of aliphatic carboxylic acids is 1. The smallest absolute Gasteiger partial charge is 0.334 e.